The second kappa shape index (κ2) is 7.53. The first-order chi connectivity index (χ1) is 14.7. The van der Waals surface area contributed by atoms with Crippen LogP contribution in [0.25, 0.3) is 45.0 Å². The Hall–Kier alpha value is -3.85. The van der Waals surface area contributed by atoms with Crippen molar-refractivity contribution in [1.29, 1.82) is 0 Å². The molecule has 5 aromatic rings. The van der Waals surface area contributed by atoms with Crippen molar-refractivity contribution < 1.29 is 13.9 Å². The fraction of sp³-hybridized carbons (Fsp3) is 0.143. The summed E-state index contributed by atoms with van der Waals surface area (Å²) in [5.41, 5.74) is 4.65. The third-order valence-corrected chi connectivity index (χ3v) is 4.84. The summed E-state index contributed by atoms with van der Waals surface area (Å²) in [6.45, 7) is 0.644. The van der Waals surface area contributed by atoms with Crippen molar-refractivity contribution in [3.8, 4) is 34.0 Å². The molecule has 1 aromatic carbocycles. The summed E-state index contributed by atoms with van der Waals surface area (Å²) in [5, 5.41) is 22.4. The molecular formula is C21H17FN6O2. The summed E-state index contributed by atoms with van der Waals surface area (Å²) in [6.07, 6.45) is 5.50. The quantitative estimate of drug-likeness (QED) is 0.447. The maximum absolute atomic E-state index is 13.5. The highest BCUT2D eigenvalue weighted by Crippen LogP contribution is 2.36. The number of aliphatic hydroxyl groups is 1. The largest absolute Gasteiger partial charge is 0.422 e. The number of pyridine rings is 1. The van der Waals surface area contributed by atoms with E-state index in [-0.39, 0.29) is 12.4 Å². The number of aryl methyl sites for hydroxylation is 1. The van der Waals surface area contributed by atoms with Crippen LogP contribution in [0.4, 0.5) is 4.39 Å². The molecule has 0 amide bonds. The van der Waals surface area contributed by atoms with E-state index in [2.05, 4.69) is 20.2 Å². The normalized spacial score (nSPS) is 11.4. The van der Waals surface area contributed by atoms with Gasteiger partial charge in [-0.2, -0.15) is 5.10 Å². The molecule has 0 aliphatic carbocycles. The van der Waals surface area contributed by atoms with Crippen molar-refractivity contribution in [2.24, 2.45) is 0 Å². The van der Waals surface area contributed by atoms with Gasteiger partial charge < -0.3 is 14.5 Å². The van der Waals surface area contributed by atoms with Crippen LogP contribution in [0, 0.1) is 5.82 Å². The summed E-state index contributed by atoms with van der Waals surface area (Å²) in [5.74, 6) is 0.0671. The van der Waals surface area contributed by atoms with Crippen LogP contribution >= 0.6 is 0 Å². The molecular weight excluding hydrogens is 387 g/mol. The van der Waals surface area contributed by atoms with Crippen LogP contribution < -0.4 is 0 Å². The second-order valence-electron chi connectivity index (χ2n) is 6.79. The number of nitrogens with one attached hydrogen (secondary N) is 1. The first-order valence-corrected chi connectivity index (χ1v) is 9.42. The average Bonchev–Trinajstić information content (AvgIpc) is 3.51. The Kier molecular flexibility index (Phi) is 4.56. The van der Waals surface area contributed by atoms with E-state index in [9.17, 15) is 9.50 Å². The van der Waals surface area contributed by atoms with Crippen LogP contribution in [0.15, 0.2) is 59.6 Å². The summed E-state index contributed by atoms with van der Waals surface area (Å²) >= 11 is 0. The predicted molar refractivity (Wildman–Crippen MR) is 108 cm³/mol. The fourth-order valence-corrected chi connectivity index (χ4v) is 3.45. The molecule has 4 aromatic heterocycles. The highest BCUT2D eigenvalue weighted by atomic mass is 19.1. The molecule has 0 spiro atoms. The number of fused-ring (bicyclic) bond motifs is 1. The first kappa shape index (κ1) is 18.2. The van der Waals surface area contributed by atoms with Crippen LogP contribution in [0.1, 0.15) is 6.42 Å². The Morgan fingerprint density at radius 2 is 2.00 bits per heavy atom. The number of halogens is 1. The number of H-pyrrole nitrogens is 1. The molecule has 0 saturated carbocycles. The summed E-state index contributed by atoms with van der Waals surface area (Å²) in [4.78, 5) is 7.61. The topological polar surface area (TPSA) is 106 Å². The van der Waals surface area contributed by atoms with Gasteiger partial charge in [-0.05, 0) is 48.4 Å². The minimum Gasteiger partial charge on any atom is -0.422 e. The molecule has 0 bridgehead atoms. The Morgan fingerprint density at radius 3 is 2.77 bits per heavy atom. The lowest BCUT2D eigenvalue weighted by Crippen LogP contribution is -2.00. The molecule has 2 N–H and O–H groups in total. The maximum atomic E-state index is 13.5. The number of aliphatic hydroxyl groups excluding tert-OH is 1. The number of hydrogen-bond donors (Lipinski definition) is 2. The van der Waals surface area contributed by atoms with Crippen LogP contribution in [-0.2, 0) is 6.54 Å². The van der Waals surface area contributed by atoms with Gasteiger partial charge in [-0.25, -0.2) is 9.37 Å². The molecule has 0 atom stereocenters. The third-order valence-electron chi connectivity index (χ3n) is 4.84. The van der Waals surface area contributed by atoms with E-state index < -0.39 is 0 Å². The third kappa shape index (κ3) is 3.25. The van der Waals surface area contributed by atoms with Gasteiger partial charge in [0.1, 0.15) is 22.9 Å². The highest BCUT2D eigenvalue weighted by molar-refractivity contribution is 5.98. The lowest BCUT2D eigenvalue weighted by molar-refractivity contribution is 0.277. The summed E-state index contributed by atoms with van der Waals surface area (Å²) in [6, 6.07) is 10.1. The molecule has 30 heavy (non-hydrogen) atoms. The Balaban J connectivity index is 1.68. The second-order valence-corrected chi connectivity index (χ2v) is 6.79. The Bertz CT molecular complexity index is 1290. The van der Waals surface area contributed by atoms with Gasteiger partial charge >= 0.3 is 0 Å². The SMILES string of the molecule is OCCCn1cc(-c2ccnc3[nH]c(-c4nnco4)cc23)c(-c2ccc(F)cc2)n1. The van der Waals surface area contributed by atoms with Crippen LogP contribution in [-0.4, -0.2) is 41.7 Å². The molecule has 5 rings (SSSR count). The number of aromatic nitrogens is 6. The Morgan fingerprint density at radius 1 is 1.13 bits per heavy atom. The van der Waals surface area contributed by atoms with E-state index >= 15 is 0 Å². The lowest BCUT2D eigenvalue weighted by Gasteiger charge is -2.04. The van der Waals surface area contributed by atoms with Gasteiger partial charge in [0.2, 0.25) is 6.39 Å². The van der Waals surface area contributed by atoms with Gasteiger partial charge in [-0.3, -0.25) is 4.68 Å². The van der Waals surface area contributed by atoms with Gasteiger partial charge in [0.05, 0.1) is 0 Å². The molecule has 8 nitrogen and oxygen atoms in total. The van der Waals surface area contributed by atoms with Crippen molar-refractivity contribution in [1.82, 2.24) is 29.9 Å². The van der Waals surface area contributed by atoms with Crippen molar-refractivity contribution in [2.45, 2.75) is 13.0 Å². The number of aromatic amines is 1. The van der Waals surface area contributed by atoms with Crippen molar-refractivity contribution >= 4 is 11.0 Å². The number of rotatable bonds is 6. The zero-order valence-electron chi connectivity index (χ0n) is 15.8. The standard InChI is InChI=1S/C21H17FN6O2/c22-14-4-2-13(3-5-14)19-17(11-28(27-19)8-1-9-29)15-6-7-23-20-16(15)10-18(25-20)21-26-24-12-30-21/h2-7,10-12,29H,1,8-9H2,(H,23,25). The molecule has 0 radical (unpaired) electrons. The highest BCUT2D eigenvalue weighted by Gasteiger charge is 2.18. The number of hydrogen-bond acceptors (Lipinski definition) is 6. The van der Waals surface area contributed by atoms with E-state index in [0.717, 1.165) is 27.8 Å². The van der Waals surface area contributed by atoms with Crippen LogP contribution in [0.5, 0.6) is 0 Å². The fourth-order valence-electron chi connectivity index (χ4n) is 3.45. The molecule has 9 heteroatoms. The molecule has 4 heterocycles. The van der Waals surface area contributed by atoms with E-state index in [4.69, 9.17) is 9.52 Å². The van der Waals surface area contributed by atoms with Crippen LogP contribution in [0.3, 0.4) is 0 Å². The Labute approximate surface area is 170 Å². The van der Waals surface area contributed by atoms with Crippen molar-refractivity contribution in [3.63, 3.8) is 0 Å². The van der Waals surface area contributed by atoms with Crippen molar-refractivity contribution in [2.75, 3.05) is 6.61 Å². The zero-order chi connectivity index (χ0) is 20.5. The van der Waals surface area contributed by atoms with E-state index in [0.29, 0.717) is 30.2 Å². The van der Waals surface area contributed by atoms with E-state index in [1.807, 2.05) is 18.3 Å². The number of nitrogens with zero attached hydrogens (tertiary/aromatic N) is 5. The summed E-state index contributed by atoms with van der Waals surface area (Å²) in [7, 11) is 0. The van der Waals surface area contributed by atoms with Gasteiger partial charge in [0.25, 0.3) is 5.89 Å². The molecule has 0 saturated heterocycles. The first-order valence-electron chi connectivity index (χ1n) is 9.42. The molecule has 0 aliphatic heterocycles. The van der Waals surface area contributed by atoms with E-state index in [1.165, 1.54) is 18.5 Å². The maximum Gasteiger partial charge on any atom is 0.263 e. The smallest absolute Gasteiger partial charge is 0.263 e. The van der Waals surface area contributed by atoms with Crippen molar-refractivity contribution in [3.05, 3.63) is 61.0 Å². The zero-order valence-corrected chi connectivity index (χ0v) is 15.8. The van der Waals surface area contributed by atoms with Crippen LogP contribution in [0.2, 0.25) is 0 Å². The molecule has 0 aliphatic rings. The number of benzene rings is 1. The average molecular weight is 404 g/mol. The molecule has 150 valence electrons. The lowest BCUT2D eigenvalue weighted by atomic mass is 10.0. The minimum atomic E-state index is -0.304. The van der Waals surface area contributed by atoms with Gasteiger partial charge in [0.15, 0.2) is 0 Å². The molecule has 0 unspecified atom stereocenters. The predicted octanol–water partition coefficient (Wildman–Crippen LogP) is 3.66. The minimum absolute atomic E-state index is 0.0753. The van der Waals surface area contributed by atoms with Gasteiger partial charge in [-0.1, -0.05) is 0 Å². The van der Waals surface area contributed by atoms with E-state index in [1.54, 1.807) is 23.0 Å². The van der Waals surface area contributed by atoms with Gasteiger partial charge in [0, 0.05) is 42.1 Å². The molecule has 0 fully saturated rings. The summed E-state index contributed by atoms with van der Waals surface area (Å²) < 4.78 is 20.5. The monoisotopic (exact) mass is 404 g/mol. The van der Waals surface area contributed by atoms with Gasteiger partial charge in [-0.15, -0.1) is 10.2 Å².